The third kappa shape index (κ3) is 3.18. The van der Waals surface area contributed by atoms with Crippen molar-refractivity contribution in [3.8, 4) is 0 Å². The summed E-state index contributed by atoms with van der Waals surface area (Å²) >= 11 is 3.29. The molecule has 102 valence electrons. The number of anilines is 1. The van der Waals surface area contributed by atoms with Crippen molar-refractivity contribution in [1.82, 2.24) is 9.97 Å². The summed E-state index contributed by atoms with van der Waals surface area (Å²) in [6.45, 7) is 1.81. The van der Waals surface area contributed by atoms with E-state index in [0.29, 0.717) is 5.82 Å². The molecule has 0 aliphatic carbocycles. The molecule has 2 rings (SSSR count). The number of hydrogen-bond acceptors (Lipinski definition) is 4. The first-order valence-corrected chi connectivity index (χ1v) is 6.39. The highest BCUT2D eigenvalue weighted by atomic mass is 79.9. The zero-order valence-electron chi connectivity index (χ0n) is 10.4. The van der Waals surface area contributed by atoms with Crippen LogP contribution < -0.4 is 5.32 Å². The van der Waals surface area contributed by atoms with Gasteiger partial charge < -0.3 is 10.4 Å². The maximum Gasteiger partial charge on any atom is 0.337 e. The number of nitrogens with zero attached hydrogens (tertiary/aromatic N) is 2. The highest BCUT2D eigenvalue weighted by Gasteiger charge is 2.11. The van der Waals surface area contributed by atoms with Gasteiger partial charge in [-0.1, -0.05) is 0 Å². The number of rotatable bonds is 3. The molecule has 2 aromatic heterocycles. The monoisotopic (exact) mass is 335 g/mol. The summed E-state index contributed by atoms with van der Waals surface area (Å²) in [5, 5.41) is 11.4. The lowest BCUT2D eigenvalue weighted by Crippen LogP contribution is -2.15. The Morgan fingerprint density at radius 2 is 2.00 bits per heavy atom. The number of aromatic nitrogens is 2. The topological polar surface area (TPSA) is 92.2 Å². The molecule has 0 bridgehead atoms. The fraction of sp³-hybridized carbons (Fsp3) is 0.0769. The summed E-state index contributed by atoms with van der Waals surface area (Å²) in [6.07, 6.45) is 2.71. The second kappa shape index (κ2) is 5.79. The predicted octanol–water partition coefficient (Wildman–Crippen LogP) is 2.50. The van der Waals surface area contributed by atoms with Crippen molar-refractivity contribution >= 4 is 33.6 Å². The molecule has 7 heteroatoms. The molecule has 0 aliphatic rings. The van der Waals surface area contributed by atoms with Crippen molar-refractivity contribution in [2.75, 3.05) is 5.32 Å². The van der Waals surface area contributed by atoms with E-state index in [2.05, 4.69) is 31.2 Å². The first kappa shape index (κ1) is 14.1. The lowest BCUT2D eigenvalue weighted by molar-refractivity contribution is 0.0696. The zero-order chi connectivity index (χ0) is 14.7. The van der Waals surface area contributed by atoms with Gasteiger partial charge in [-0.2, -0.15) is 0 Å². The van der Waals surface area contributed by atoms with Crippen molar-refractivity contribution in [2.24, 2.45) is 0 Å². The lowest BCUT2D eigenvalue weighted by atomic mass is 10.2. The summed E-state index contributed by atoms with van der Waals surface area (Å²) in [7, 11) is 0. The Balaban J connectivity index is 2.17. The lowest BCUT2D eigenvalue weighted by Gasteiger charge is -2.07. The van der Waals surface area contributed by atoms with Crippen LogP contribution in [0.25, 0.3) is 0 Å². The third-order valence-electron chi connectivity index (χ3n) is 2.52. The number of carboxylic acids is 1. The Hall–Kier alpha value is -2.28. The van der Waals surface area contributed by atoms with Gasteiger partial charge in [0.1, 0.15) is 11.5 Å². The van der Waals surface area contributed by atoms with Crippen LogP contribution in [0.5, 0.6) is 0 Å². The molecule has 0 aromatic carbocycles. The molecule has 20 heavy (non-hydrogen) atoms. The second-order valence-corrected chi connectivity index (χ2v) is 4.93. The van der Waals surface area contributed by atoms with Crippen molar-refractivity contribution in [2.45, 2.75) is 6.92 Å². The number of carbonyl (C=O) groups is 2. The van der Waals surface area contributed by atoms with Crippen molar-refractivity contribution in [1.29, 1.82) is 0 Å². The predicted molar refractivity (Wildman–Crippen MR) is 75.8 cm³/mol. The van der Waals surface area contributed by atoms with Crippen molar-refractivity contribution in [3.63, 3.8) is 0 Å². The van der Waals surface area contributed by atoms with E-state index < -0.39 is 11.9 Å². The van der Waals surface area contributed by atoms with Gasteiger partial charge in [0.2, 0.25) is 0 Å². The smallest absolute Gasteiger partial charge is 0.337 e. The molecule has 0 aliphatic heterocycles. The van der Waals surface area contributed by atoms with Crippen LogP contribution in [-0.2, 0) is 0 Å². The van der Waals surface area contributed by atoms with Gasteiger partial charge >= 0.3 is 5.97 Å². The molecule has 2 N–H and O–H groups in total. The van der Waals surface area contributed by atoms with Gasteiger partial charge in [-0.15, -0.1) is 0 Å². The second-order valence-electron chi connectivity index (χ2n) is 4.01. The van der Waals surface area contributed by atoms with Crippen molar-refractivity contribution in [3.05, 3.63) is 51.9 Å². The zero-order valence-corrected chi connectivity index (χ0v) is 12.0. The highest BCUT2D eigenvalue weighted by Crippen LogP contribution is 2.17. The van der Waals surface area contributed by atoms with Gasteiger partial charge in [0, 0.05) is 16.9 Å². The number of amides is 1. The normalized spacial score (nSPS) is 10.1. The number of aromatic carboxylic acids is 1. The van der Waals surface area contributed by atoms with Crippen LogP contribution in [0, 0.1) is 6.92 Å². The van der Waals surface area contributed by atoms with E-state index in [1.807, 2.05) is 13.0 Å². The quantitative estimate of drug-likeness (QED) is 0.898. The van der Waals surface area contributed by atoms with E-state index in [-0.39, 0.29) is 11.3 Å². The summed E-state index contributed by atoms with van der Waals surface area (Å²) in [5.41, 5.74) is 0.952. The molecule has 0 saturated carbocycles. The van der Waals surface area contributed by atoms with Crippen LogP contribution in [-0.4, -0.2) is 27.0 Å². The number of nitrogens with one attached hydrogen (secondary N) is 1. The van der Waals surface area contributed by atoms with Crippen molar-refractivity contribution < 1.29 is 14.7 Å². The molecule has 0 spiro atoms. The SMILES string of the molecule is Cc1cc(Br)cnc1NC(=O)c1ccc(C(=O)O)cn1. The molecule has 0 fully saturated rings. The molecule has 2 heterocycles. The average molecular weight is 336 g/mol. The van der Waals surface area contributed by atoms with E-state index in [0.717, 1.165) is 16.2 Å². The van der Waals surface area contributed by atoms with E-state index in [9.17, 15) is 9.59 Å². The molecule has 0 atom stereocenters. The summed E-state index contributed by atoms with van der Waals surface area (Å²) < 4.78 is 0.817. The van der Waals surface area contributed by atoms with E-state index in [4.69, 9.17) is 5.11 Å². The number of pyridine rings is 2. The number of carboxylic acid groups (broad SMARTS) is 1. The molecular weight excluding hydrogens is 326 g/mol. The molecular formula is C13H10BrN3O3. The first-order valence-electron chi connectivity index (χ1n) is 5.60. The number of halogens is 1. The molecule has 0 saturated heterocycles. The van der Waals surface area contributed by atoms with Gasteiger partial charge in [-0.25, -0.2) is 9.78 Å². The minimum absolute atomic E-state index is 0.0273. The number of aryl methyl sites for hydroxylation is 1. The van der Waals surface area contributed by atoms with Gasteiger partial charge in [0.15, 0.2) is 0 Å². The Morgan fingerprint density at radius 3 is 2.55 bits per heavy atom. The van der Waals surface area contributed by atoms with Crippen LogP contribution in [0.2, 0.25) is 0 Å². The Labute approximate surface area is 123 Å². The highest BCUT2D eigenvalue weighted by molar-refractivity contribution is 9.10. The molecule has 0 radical (unpaired) electrons. The number of hydrogen-bond donors (Lipinski definition) is 2. The van der Waals surface area contributed by atoms with E-state index in [1.165, 1.54) is 12.1 Å². The van der Waals surface area contributed by atoms with Crippen LogP contribution in [0.1, 0.15) is 26.4 Å². The maximum absolute atomic E-state index is 12.0. The van der Waals surface area contributed by atoms with Crippen LogP contribution in [0.4, 0.5) is 5.82 Å². The third-order valence-corrected chi connectivity index (χ3v) is 2.95. The molecule has 6 nitrogen and oxygen atoms in total. The standard InChI is InChI=1S/C13H10BrN3O3/c1-7-4-9(14)6-16-11(7)17-12(18)10-3-2-8(5-15-10)13(19)20/h2-6H,1H3,(H,19,20)(H,16,17,18). The minimum atomic E-state index is -1.09. The number of carbonyl (C=O) groups excluding carboxylic acids is 1. The fourth-order valence-electron chi connectivity index (χ4n) is 1.50. The molecule has 0 unspecified atom stereocenters. The summed E-state index contributed by atoms with van der Waals surface area (Å²) in [4.78, 5) is 30.6. The first-order chi connectivity index (χ1) is 9.47. The molecule has 2 aromatic rings. The van der Waals surface area contributed by atoms with Crippen LogP contribution in [0.3, 0.4) is 0 Å². The fourth-order valence-corrected chi connectivity index (χ4v) is 1.94. The molecule has 1 amide bonds. The summed E-state index contributed by atoms with van der Waals surface area (Å²) in [6, 6.07) is 4.50. The van der Waals surface area contributed by atoms with Gasteiger partial charge in [0.05, 0.1) is 5.56 Å². The minimum Gasteiger partial charge on any atom is -0.478 e. The van der Waals surface area contributed by atoms with Crippen LogP contribution >= 0.6 is 15.9 Å². The Morgan fingerprint density at radius 1 is 1.25 bits per heavy atom. The van der Waals surface area contributed by atoms with Crippen LogP contribution in [0.15, 0.2) is 35.1 Å². The van der Waals surface area contributed by atoms with E-state index in [1.54, 1.807) is 6.20 Å². The van der Waals surface area contributed by atoms with Gasteiger partial charge in [-0.3, -0.25) is 9.78 Å². The maximum atomic E-state index is 12.0. The Kier molecular flexibility index (Phi) is 4.09. The van der Waals surface area contributed by atoms with E-state index >= 15 is 0 Å². The average Bonchev–Trinajstić information content (AvgIpc) is 2.42. The Bertz CT molecular complexity index is 671. The van der Waals surface area contributed by atoms with Gasteiger partial charge in [0.25, 0.3) is 5.91 Å². The van der Waals surface area contributed by atoms with Gasteiger partial charge in [-0.05, 0) is 46.6 Å². The summed E-state index contributed by atoms with van der Waals surface area (Å²) in [5.74, 6) is -1.10. The largest absolute Gasteiger partial charge is 0.478 e.